The van der Waals surface area contributed by atoms with E-state index in [2.05, 4.69) is 18.0 Å². The fourth-order valence-corrected chi connectivity index (χ4v) is 6.53. The summed E-state index contributed by atoms with van der Waals surface area (Å²) < 4.78 is 6.40. The highest BCUT2D eigenvalue weighted by Gasteiger charge is 2.57. The monoisotopic (exact) mass is 520 g/mol. The maximum atomic E-state index is 13.7. The summed E-state index contributed by atoms with van der Waals surface area (Å²) >= 11 is 0. The van der Waals surface area contributed by atoms with Gasteiger partial charge in [-0.05, 0) is 84.9 Å². The minimum absolute atomic E-state index is 0.0618. The van der Waals surface area contributed by atoms with Crippen molar-refractivity contribution in [1.29, 1.82) is 0 Å². The van der Waals surface area contributed by atoms with E-state index in [9.17, 15) is 14.7 Å². The van der Waals surface area contributed by atoms with E-state index in [1.54, 1.807) is 18.3 Å². The van der Waals surface area contributed by atoms with Crippen molar-refractivity contribution >= 4 is 29.2 Å². The van der Waals surface area contributed by atoms with Crippen LogP contribution < -0.4 is 4.90 Å². The average Bonchev–Trinajstić information content (AvgIpc) is 3.50. The number of nitrogens with zero attached hydrogens (tertiary/aromatic N) is 2. The maximum Gasteiger partial charge on any atom is 0.238 e. The molecular formula is C33H32N2O4. The van der Waals surface area contributed by atoms with Crippen LogP contribution in [0, 0.1) is 17.8 Å². The van der Waals surface area contributed by atoms with E-state index in [1.807, 2.05) is 60.7 Å². The molecule has 1 N–H and O–H groups in total. The number of fused-ring (bicyclic) bond motifs is 3. The van der Waals surface area contributed by atoms with Gasteiger partial charge in [0.05, 0.1) is 35.9 Å². The van der Waals surface area contributed by atoms with Crippen LogP contribution in [-0.2, 0) is 14.3 Å². The van der Waals surface area contributed by atoms with Crippen LogP contribution in [0.2, 0.25) is 0 Å². The van der Waals surface area contributed by atoms with E-state index in [0.717, 1.165) is 36.1 Å². The molecule has 0 unspecified atom stereocenters. The molecule has 2 amide bonds. The summed E-state index contributed by atoms with van der Waals surface area (Å²) in [5, 5.41) is 9.69. The standard InChI is InChI=1S/C33H32N2O4/c1-2-22-19-26-31(33(38)35(32(26)37)24-8-4-3-5-9-24)27-20-39-29(30(22)27)16-13-23(28-10-6-7-17-34-28)18-21-11-14-25(36)15-12-21/h3-12,14-15,17-18,26-27,29,31,36H,2,13,16,19-20H2,1H3/b23-18-/t26-,27+,29-,31-/m1/s1. The summed E-state index contributed by atoms with van der Waals surface area (Å²) in [6, 6.07) is 22.3. The van der Waals surface area contributed by atoms with Gasteiger partial charge in [0.1, 0.15) is 5.75 Å². The molecule has 2 aromatic carbocycles. The zero-order valence-electron chi connectivity index (χ0n) is 22.0. The molecule has 2 aliphatic heterocycles. The lowest BCUT2D eigenvalue weighted by atomic mass is 9.69. The quantitative estimate of drug-likeness (QED) is 0.304. The molecule has 0 saturated carbocycles. The lowest BCUT2D eigenvalue weighted by Crippen LogP contribution is -2.34. The molecule has 2 fully saturated rings. The molecule has 6 heteroatoms. The lowest BCUT2D eigenvalue weighted by molar-refractivity contribution is -0.122. The molecule has 198 valence electrons. The maximum absolute atomic E-state index is 13.7. The van der Waals surface area contributed by atoms with Crippen molar-refractivity contribution in [3.05, 3.63) is 101 Å². The van der Waals surface area contributed by atoms with Crippen molar-refractivity contribution in [2.45, 2.75) is 38.7 Å². The third-order valence-corrected chi connectivity index (χ3v) is 8.35. The highest BCUT2D eigenvalue weighted by molar-refractivity contribution is 6.22. The van der Waals surface area contributed by atoms with E-state index < -0.39 is 0 Å². The Morgan fingerprint density at radius 3 is 2.49 bits per heavy atom. The highest BCUT2D eigenvalue weighted by atomic mass is 16.5. The number of anilines is 1. The van der Waals surface area contributed by atoms with Gasteiger partial charge in [0, 0.05) is 12.1 Å². The number of phenolic OH excluding ortho intramolecular Hbond substituents is 1. The van der Waals surface area contributed by atoms with Gasteiger partial charge in [0.15, 0.2) is 0 Å². The normalized spacial score (nSPS) is 24.7. The molecule has 3 heterocycles. The van der Waals surface area contributed by atoms with Gasteiger partial charge in [-0.1, -0.05) is 48.9 Å². The number of carbonyl (C=O) groups is 2. The Morgan fingerprint density at radius 1 is 1.00 bits per heavy atom. The van der Waals surface area contributed by atoms with Crippen LogP contribution in [0.15, 0.2) is 90.1 Å². The van der Waals surface area contributed by atoms with Crippen LogP contribution >= 0.6 is 0 Å². The molecule has 6 rings (SSSR count). The number of hydrogen-bond donors (Lipinski definition) is 1. The lowest BCUT2D eigenvalue weighted by Gasteiger charge is -2.31. The van der Waals surface area contributed by atoms with Crippen LogP contribution in [0.5, 0.6) is 5.75 Å². The molecular weight excluding hydrogens is 488 g/mol. The third kappa shape index (κ3) is 4.70. The zero-order valence-corrected chi connectivity index (χ0v) is 22.0. The summed E-state index contributed by atoms with van der Waals surface area (Å²) in [6.45, 7) is 2.60. The molecule has 4 atom stereocenters. The summed E-state index contributed by atoms with van der Waals surface area (Å²) in [5.74, 6) is -0.693. The van der Waals surface area contributed by atoms with Gasteiger partial charge in [-0.2, -0.15) is 0 Å². The zero-order chi connectivity index (χ0) is 26.9. The predicted octanol–water partition coefficient (Wildman–Crippen LogP) is 6.04. The fraction of sp³-hybridized carbons (Fsp3) is 0.303. The SMILES string of the molecule is CCC1=C2[C@@H](CC/C(=C/c3ccc(O)cc3)c3ccccn3)OC[C@@H]2[C@@H]2C(=O)N(c3ccccc3)C(=O)[C@@H]2C1. The van der Waals surface area contributed by atoms with Crippen molar-refractivity contribution < 1.29 is 19.4 Å². The molecule has 3 aliphatic rings. The third-order valence-electron chi connectivity index (χ3n) is 8.35. The number of aromatic nitrogens is 1. The second-order valence-corrected chi connectivity index (χ2v) is 10.5. The number of ether oxygens (including phenoxy) is 1. The fourth-order valence-electron chi connectivity index (χ4n) is 6.53. The molecule has 1 aromatic heterocycles. The van der Waals surface area contributed by atoms with Crippen molar-refractivity contribution in [1.82, 2.24) is 4.98 Å². The van der Waals surface area contributed by atoms with Crippen molar-refractivity contribution in [2.24, 2.45) is 17.8 Å². The van der Waals surface area contributed by atoms with Crippen LogP contribution in [0.4, 0.5) is 5.69 Å². The van der Waals surface area contributed by atoms with Crippen LogP contribution in [-0.4, -0.2) is 34.6 Å². The van der Waals surface area contributed by atoms with E-state index in [1.165, 1.54) is 16.0 Å². The first-order valence-electron chi connectivity index (χ1n) is 13.7. The van der Waals surface area contributed by atoms with Gasteiger partial charge >= 0.3 is 0 Å². The van der Waals surface area contributed by atoms with Gasteiger partial charge in [-0.25, -0.2) is 0 Å². The first-order valence-corrected chi connectivity index (χ1v) is 13.7. The molecule has 0 bridgehead atoms. The van der Waals surface area contributed by atoms with E-state index in [0.29, 0.717) is 18.7 Å². The second kappa shape index (κ2) is 10.6. The first kappa shape index (κ1) is 25.3. The largest absolute Gasteiger partial charge is 0.508 e. The molecule has 2 saturated heterocycles. The Bertz CT molecular complexity index is 1430. The number of benzene rings is 2. The average molecular weight is 521 g/mol. The Morgan fingerprint density at radius 2 is 1.77 bits per heavy atom. The van der Waals surface area contributed by atoms with Crippen LogP contribution in [0.25, 0.3) is 11.6 Å². The Balaban J connectivity index is 1.26. The highest BCUT2D eigenvalue weighted by Crippen LogP contribution is 2.51. The number of amides is 2. The minimum atomic E-state index is -0.365. The van der Waals surface area contributed by atoms with Crippen molar-refractivity contribution in [2.75, 3.05) is 11.5 Å². The van der Waals surface area contributed by atoms with Gasteiger partial charge in [0.25, 0.3) is 0 Å². The number of aromatic hydroxyl groups is 1. The molecule has 0 spiro atoms. The number of para-hydroxylation sites is 1. The second-order valence-electron chi connectivity index (χ2n) is 10.5. The Kier molecular flexibility index (Phi) is 6.88. The summed E-state index contributed by atoms with van der Waals surface area (Å²) in [7, 11) is 0. The summed E-state index contributed by atoms with van der Waals surface area (Å²) in [6.07, 6.45) is 6.78. The van der Waals surface area contributed by atoms with E-state index in [-0.39, 0.29) is 41.4 Å². The van der Waals surface area contributed by atoms with E-state index >= 15 is 0 Å². The van der Waals surface area contributed by atoms with Crippen LogP contribution in [0.3, 0.4) is 0 Å². The van der Waals surface area contributed by atoms with Gasteiger partial charge in [-0.3, -0.25) is 19.5 Å². The van der Waals surface area contributed by atoms with Gasteiger partial charge < -0.3 is 9.84 Å². The summed E-state index contributed by atoms with van der Waals surface area (Å²) in [5.41, 5.74) is 6.13. The Hall–Kier alpha value is -4.03. The van der Waals surface area contributed by atoms with Gasteiger partial charge in [-0.15, -0.1) is 0 Å². The molecule has 0 radical (unpaired) electrons. The van der Waals surface area contributed by atoms with Crippen molar-refractivity contribution in [3.63, 3.8) is 0 Å². The molecule has 3 aromatic rings. The topological polar surface area (TPSA) is 79.7 Å². The molecule has 1 aliphatic carbocycles. The number of phenols is 1. The minimum Gasteiger partial charge on any atom is -0.508 e. The number of allylic oxidation sites excluding steroid dienone is 2. The first-order chi connectivity index (χ1) is 19.0. The van der Waals surface area contributed by atoms with E-state index in [4.69, 9.17) is 4.74 Å². The number of carbonyl (C=O) groups excluding carboxylic acids is 2. The molecule has 6 nitrogen and oxygen atoms in total. The predicted molar refractivity (Wildman–Crippen MR) is 151 cm³/mol. The number of rotatable bonds is 7. The van der Waals surface area contributed by atoms with Crippen molar-refractivity contribution in [3.8, 4) is 5.75 Å². The number of pyridine rings is 1. The Labute approximate surface area is 228 Å². The smallest absolute Gasteiger partial charge is 0.238 e. The summed E-state index contributed by atoms with van der Waals surface area (Å²) in [4.78, 5) is 33.1. The number of imide groups is 1. The van der Waals surface area contributed by atoms with Crippen LogP contribution in [0.1, 0.15) is 43.9 Å². The molecule has 39 heavy (non-hydrogen) atoms. The van der Waals surface area contributed by atoms with Gasteiger partial charge in [0.2, 0.25) is 11.8 Å². The number of hydrogen-bond acceptors (Lipinski definition) is 5.